The van der Waals surface area contributed by atoms with Crippen LogP contribution < -0.4 is 0 Å². The summed E-state index contributed by atoms with van der Waals surface area (Å²) >= 11 is 0. The van der Waals surface area contributed by atoms with Crippen LogP contribution in [0.15, 0.2) is 11.6 Å². The predicted molar refractivity (Wildman–Crippen MR) is 90.4 cm³/mol. The third-order valence-electron chi connectivity index (χ3n) is 8.17. The number of carbonyl (C=O) groups excluding carboxylic acids is 1. The minimum Gasteiger partial charge on any atom is -0.295 e. The maximum atomic E-state index is 11.8. The van der Waals surface area contributed by atoms with Crippen molar-refractivity contribution in [2.45, 2.75) is 65.2 Å². The summed E-state index contributed by atoms with van der Waals surface area (Å²) in [5.41, 5.74) is 1.77. The Kier molecular flexibility index (Phi) is 3.67. The fourth-order valence-corrected chi connectivity index (χ4v) is 7.28. The fourth-order valence-electron chi connectivity index (χ4n) is 7.28. The standard InChI is InChI=1S/C21H29NO/c1-3-21-9-8-18-17-6-5-16(23)11-14(17)10-13(2)20(18)19(21)7-4-15(21)12-22/h11,13,15,17-20H,3-10H2,1-2H3/t13?,15?,17-,18+,19-,20+,21+/m0/s1. The molecule has 4 rings (SSSR count). The highest BCUT2D eigenvalue weighted by Gasteiger charge is 2.59. The number of hydrogen-bond acceptors (Lipinski definition) is 2. The Balaban J connectivity index is 1.69. The van der Waals surface area contributed by atoms with E-state index in [-0.39, 0.29) is 5.92 Å². The monoisotopic (exact) mass is 311 g/mol. The zero-order valence-electron chi connectivity index (χ0n) is 14.6. The van der Waals surface area contributed by atoms with Gasteiger partial charge in [0.05, 0.1) is 12.0 Å². The topological polar surface area (TPSA) is 40.9 Å². The maximum Gasteiger partial charge on any atom is 0.155 e. The smallest absolute Gasteiger partial charge is 0.155 e. The van der Waals surface area contributed by atoms with E-state index < -0.39 is 0 Å². The van der Waals surface area contributed by atoms with Gasteiger partial charge in [0.25, 0.3) is 0 Å². The van der Waals surface area contributed by atoms with Crippen molar-refractivity contribution in [2.24, 2.45) is 40.9 Å². The molecule has 0 saturated heterocycles. The molecule has 23 heavy (non-hydrogen) atoms. The second-order valence-electron chi connectivity index (χ2n) is 8.74. The minimum atomic E-state index is 0.288. The van der Waals surface area contributed by atoms with Crippen molar-refractivity contribution in [3.05, 3.63) is 11.6 Å². The highest BCUT2D eigenvalue weighted by atomic mass is 16.1. The van der Waals surface area contributed by atoms with Crippen LogP contribution in [-0.4, -0.2) is 5.78 Å². The summed E-state index contributed by atoms with van der Waals surface area (Å²) in [6, 6.07) is 2.67. The Morgan fingerprint density at radius 2 is 2.13 bits per heavy atom. The van der Waals surface area contributed by atoms with Crippen LogP contribution in [0.25, 0.3) is 0 Å². The van der Waals surface area contributed by atoms with E-state index in [1.54, 1.807) is 0 Å². The zero-order chi connectivity index (χ0) is 16.2. The molecule has 0 bridgehead atoms. The van der Waals surface area contributed by atoms with Crippen molar-refractivity contribution in [2.75, 3.05) is 0 Å². The first-order valence-corrected chi connectivity index (χ1v) is 9.73. The van der Waals surface area contributed by atoms with Crippen molar-refractivity contribution >= 4 is 5.78 Å². The van der Waals surface area contributed by atoms with Gasteiger partial charge in [-0.05, 0) is 86.0 Å². The van der Waals surface area contributed by atoms with Gasteiger partial charge < -0.3 is 0 Å². The lowest BCUT2D eigenvalue weighted by atomic mass is 9.48. The van der Waals surface area contributed by atoms with Gasteiger partial charge in [-0.3, -0.25) is 4.79 Å². The van der Waals surface area contributed by atoms with Crippen LogP contribution in [0.3, 0.4) is 0 Å². The lowest BCUT2D eigenvalue weighted by molar-refractivity contribution is -0.116. The van der Waals surface area contributed by atoms with Crippen molar-refractivity contribution in [3.8, 4) is 6.07 Å². The van der Waals surface area contributed by atoms with E-state index in [0.29, 0.717) is 23.0 Å². The third-order valence-corrected chi connectivity index (χ3v) is 8.17. The van der Waals surface area contributed by atoms with Gasteiger partial charge in [-0.2, -0.15) is 5.26 Å². The van der Waals surface area contributed by atoms with Gasteiger partial charge in [-0.25, -0.2) is 0 Å². The SMILES string of the molecule is CC[C@]12CC[C@H]3[C@@H](C(C)CC4=CC(=O)CC[C@@H]43)[C@@H]1CCC2C#N. The van der Waals surface area contributed by atoms with Crippen molar-refractivity contribution in [3.63, 3.8) is 0 Å². The van der Waals surface area contributed by atoms with Crippen LogP contribution in [0.4, 0.5) is 0 Å². The largest absolute Gasteiger partial charge is 0.295 e. The normalized spacial score (nSPS) is 48.7. The van der Waals surface area contributed by atoms with Gasteiger partial charge in [-0.1, -0.05) is 19.4 Å². The van der Waals surface area contributed by atoms with Crippen molar-refractivity contribution in [1.29, 1.82) is 5.26 Å². The van der Waals surface area contributed by atoms with Gasteiger partial charge in [0, 0.05) is 6.42 Å². The van der Waals surface area contributed by atoms with E-state index in [2.05, 4.69) is 19.9 Å². The summed E-state index contributed by atoms with van der Waals surface area (Å²) in [7, 11) is 0. The number of carbonyl (C=O) groups is 1. The molecule has 0 aromatic rings. The molecule has 3 fully saturated rings. The molecule has 0 aliphatic heterocycles. The molecule has 0 spiro atoms. The second kappa shape index (κ2) is 5.47. The van der Waals surface area contributed by atoms with Crippen LogP contribution in [0.5, 0.6) is 0 Å². The van der Waals surface area contributed by atoms with Crippen LogP contribution in [0.2, 0.25) is 0 Å². The first-order valence-electron chi connectivity index (χ1n) is 9.73. The first kappa shape index (κ1) is 15.4. The average molecular weight is 311 g/mol. The van der Waals surface area contributed by atoms with E-state index in [4.69, 9.17) is 0 Å². The Labute approximate surface area is 140 Å². The summed E-state index contributed by atoms with van der Waals surface area (Å²) in [5, 5.41) is 9.68. The highest BCUT2D eigenvalue weighted by Crippen LogP contribution is 2.65. The number of nitrogens with zero attached hydrogens (tertiary/aromatic N) is 1. The molecule has 0 N–H and O–H groups in total. The number of fused-ring (bicyclic) bond motifs is 5. The Hall–Kier alpha value is -1.10. The molecule has 0 amide bonds. The van der Waals surface area contributed by atoms with Crippen LogP contribution in [-0.2, 0) is 4.79 Å². The molecule has 4 aliphatic carbocycles. The molecular formula is C21H29NO. The van der Waals surface area contributed by atoms with Crippen molar-refractivity contribution < 1.29 is 4.79 Å². The summed E-state index contributed by atoms with van der Waals surface area (Å²) in [5.74, 6) is 4.32. The van der Waals surface area contributed by atoms with Gasteiger partial charge in [0.15, 0.2) is 5.78 Å². The molecule has 0 heterocycles. The molecule has 2 heteroatoms. The predicted octanol–water partition coefficient (Wildman–Crippen LogP) is 4.90. The fraction of sp³-hybridized carbons (Fsp3) is 0.810. The quantitative estimate of drug-likeness (QED) is 0.690. The van der Waals surface area contributed by atoms with Crippen LogP contribution in [0.1, 0.15) is 65.2 Å². The second-order valence-corrected chi connectivity index (χ2v) is 8.74. The van der Waals surface area contributed by atoms with Crippen molar-refractivity contribution in [1.82, 2.24) is 0 Å². The lowest BCUT2D eigenvalue weighted by Gasteiger charge is -2.56. The minimum absolute atomic E-state index is 0.288. The average Bonchev–Trinajstić information content (AvgIpc) is 2.93. The molecule has 2 nitrogen and oxygen atoms in total. The van der Waals surface area contributed by atoms with E-state index in [0.717, 1.165) is 43.4 Å². The molecule has 7 atom stereocenters. The summed E-state index contributed by atoms with van der Waals surface area (Å²) < 4.78 is 0. The number of ketones is 1. The number of hydrogen-bond donors (Lipinski definition) is 0. The number of rotatable bonds is 1. The van der Waals surface area contributed by atoms with Gasteiger partial charge in [0.1, 0.15) is 0 Å². The summed E-state index contributed by atoms with van der Waals surface area (Å²) in [4.78, 5) is 11.8. The van der Waals surface area contributed by atoms with E-state index >= 15 is 0 Å². The maximum absolute atomic E-state index is 11.8. The highest BCUT2D eigenvalue weighted by molar-refractivity contribution is 5.91. The van der Waals surface area contributed by atoms with Crippen LogP contribution >= 0.6 is 0 Å². The van der Waals surface area contributed by atoms with Gasteiger partial charge in [0.2, 0.25) is 0 Å². The molecule has 4 aliphatic rings. The number of nitriles is 1. The van der Waals surface area contributed by atoms with E-state index in [9.17, 15) is 10.1 Å². The third kappa shape index (κ3) is 2.08. The van der Waals surface area contributed by atoms with Gasteiger partial charge >= 0.3 is 0 Å². The molecule has 0 aromatic carbocycles. The van der Waals surface area contributed by atoms with Crippen LogP contribution in [0, 0.1) is 52.3 Å². The Bertz CT molecular complexity index is 585. The van der Waals surface area contributed by atoms with E-state index in [1.165, 1.54) is 31.3 Å². The van der Waals surface area contributed by atoms with Gasteiger partial charge in [-0.15, -0.1) is 0 Å². The molecule has 3 saturated carbocycles. The molecule has 2 unspecified atom stereocenters. The Morgan fingerprint density at radius 1 is 1.30 bits per heavy atom. The molecular weight excluding hydrogens is 282 g/mol. The summed E-state index contributed by atoms with van der Waals surface area (Å²) in [6.45, 7) is 4.74. The first-order chi connectivity index (χ1) is 11.1. The molecule has 0 aromatic heterocycles. The molecule has 124 valence electrons. The van der Waals surface area contributed by atoms with E-state index in [1.807, 2.05) is 6.08 Å². The lowest BCUT2D eigenvalue weighted by Crippen LogP contribution is -2.50. The Morgan fingerprint density at radius 3 is 2.87 bits per heavy atom. The number of allylic oxidation sites excluding steroid dienone is 1. The zero-order valence-corrected chi connectivity index (χ0v) is 14.6. The molecule has 0 radical (unpaired) electrons. The summed E-state index contributed by atoms with van der Waals surface area (Å²) in [6.07, 6.45) is 11.1.